The van der Waals surface area contributed by atoms with E-state index in [0.717, 1.165) is 19.3 Å². The highest BCUT2D eigenvalue weighted by atomic mass is 28.4. The Morgan fingerprint density at radius 3 is 1.82 bits per heavy atom. The largest absolute Gasteiger partial charge is 0.469 e. The summed E-state index contributed by atoms with van der Waals surface area (Å²) in [4.78, 5) is 12.3. The molecule has 0 aromatic heterocycles. The van der Waals surface area contributed by atoms with E-state index in [1.807, 2.05) is 0 Å². The molecule has 1 unspecified atom stereocenters. The Bertz CT molecular complexity index is 1220. The smallest absolute Gasteiger partial charge is 0.305 e. The van der Waals surface area contributed by atoms with Gasteiger partial charge in [0.15, 0.2) is 25.0 Å². The van der Waals surface area contributed by atoms with Gasteiger partial charge in [0, 0.05) is 25.2 Å². The van der Waals surface area contributed by atoms with Gasteiger partial charge >= 0.3 is 5.97 Å². The molecule has 0 spiro atoms. The lowest BCUT2D eigenvalue weighted by Gasteiger charge is -2.40. The zero-order valence-electron chi connectivity index (χ0n) is 34.7. The number of carbonyl (C=O) groups is 1. The fourth-order valence-electron chi connectivity index (χ4n) is 5.16. The van der Waals surface area contributed by atoms with Crippen molar-refractivity contribution in [2.45, 2.75) is 187 Å². The number of carbonyl (C=O) groups excluding carboxylic acids is 1. The van der Waals surface area contributed by atoms with E-state index in [1.54, 1.807) is 0 Å². The second-order valence-electron chi connectivity index (χ2n) is 18.4. The topological polar surface area (TPSA) is 54.0 Å². The summed E-state index contributed by atoms with van der Waals surface area (Å²) < 4.78 is 26.5. The minimum absolute atomic E-state index is 0.0383. The number of methoxy groups -OCH3 is 1. The summed E-state index contributed by atoms with van der Waals surface area (Å²) in [5.41, 5.74) is 0. The van der Waals surface area contributed by atoms with E-state index in [2.05, 4.69) is 157 Å². The second-order valence-corrected chi connectivity index (χ2v) is 32.6. The van der Waals surface area contributed by atoms with Crippen molar-refractivity contribution in [1.29, 1.82) is 0 Å². The van der Waals surface area contributed by atoms with Gasteiger partial charge in [-0.15, -0.1) is 5.92 Å². The van der Waals surface area contributed by atoms with Crippen molar-refractivity contribution in [2.75, 3.05) is 7.11 Å². The van der Waals surface area contributed by atoms with Gasteiger partial charge in [-0.1, -0.05) is 111 Å². The van der Waals surface area contributed by atoms with E-state index in [-0.39, 0.29) is 51.2 Å². The monoisotopic (exact) mass is 730 g/mol. The van der Waals surface area contributed by atoms with Crippen LogP contribution in [0.1, 0.15) is 114 Å². The molecular weight excluding hydrogens is 657 g/mol. The van der Waals surface area contributed by atoms with E-state index in [0.29, 0.717) is 25.7 Å². The highest BCUT2D eigenvalue weighted by Crippen LogP contribution is 2.48. The Morgan fingerprint density at radius 1 is 0.776 bits per heavy atom. The highest BCUT2D eigenvalue weighted by molar-refractivity contribution is 6.75. The summed E-state index contributed by atoms with van der Waals surface area (Å²) in [7, 11) is -4.82. The fraction of sp³-hybridized carbons (Fsp3) is 0.780. The summed E-state index contributed by atoms with van der Waals surface area (Å²) in [5, 5.41) is 0.236. The average Bonchev–Trinajstić information content (AvgIpc) is 3.25. The Labute approximate surface area is 306 Å². The normalized spacial score (nSPS) is 21.7. The van der Waals surface area contributed by atoms with Crippen LogP contribution in [-0.4, -0.2) is 56.3 Å². The molecular formula is C41H74O5Si3. The lowest BCUT2D eigenvalue weighted by Crippen LogP contribution is -2.45. The fourth-order valence-corrected chi connectivity index (χ4v) is 9.21. The third-order valence-corrected chi connectivity index (χ3v) is 24.9. The molecule has 1 saturated carbocycles. The molecule has 1 fully saturated rings. The van der Waals surface area contributed by atoms with Gasteiger partial charge in [0.05, 0.1) is 31.8 Å². The van der Waals surface area contributed by atoms with Crippen LogP contribution in [0.3, 0.4) is 0 Å². The van der Waals surface area contributed by atoms with Crippen LogP contribution in [0.4, 0.5) is 0 Å². The molecule has 1 aliphatic carbocycles. The number of ether oxygens (including phenoxy) is 1. The zero-order chi connectivity index (χ0) is 37.9. The molecule has 0 bridgehead atoms. The summed E-state index contributed by atoms with van der Waals surface area (Å²) in [6, 6.07) is 0. The quantitative estimate of drug-likeness (QED) is 0.0771. The molecule has 0 heterocycles. The molecule has 5 nitrogen and oxygen atoms in total. The van der Waals surface area contributed by atoms with Crippen LogP contribution >= 0.6 is 0 Å². The van der Waals surface area contributed by atoms with E-state index in [4.69, 9.17) is 18.0 Å². The lowest BCUT2D eigenvalue weighted by molar-refractivity contribution is -0.141. The van der Waals surface area contributed by atoms with Crippen molar-refractivity contribution in [1.82, 2.24) is 0 Å². The first-order valence-corrected chi connectivity index (χ1v) is 27.4. The SMILES string of the molecule is CCC#CCC#CC/C=C\C[C@@H]1[C@H](/C=C/C(CCC(=O)OC)O[Si](C)(C)C(C)(C)C)[C@@H](O[Si](C)(C)C(C)(C)C)C[C@H]1O[Si](C)(C)C(C)(C)C. The molecule has 0 radical (unpaired) electrons. The predicted octanol–water partition coefficient (Wildman–Crippen LogP) is 11.4. The maximum Gasteiger partial charge on any atom is 0.305 e. The molecule has 8 heteroatoms. The van der Waals surface area contributed by atoms with Crippen molar-refractivity contribution in [3.8, 4) is 23.7 Å². The van der Waals surface area contributed by atoms with Gasteiger partial charge < -0.3 is 18.0 Å². The van der Waals surface area contributed by atoms with Gasteiger partial charge in [0.1, 0.15) is 0 Å². The number of hydrogen-bond donors (Lipinski definition) is 0. The highest BCUT2D eigenvalue weighted by Gasteiger charge is 2.50. The van der Waals surface area contributed by atoms with E-state index >= 15 is 0 Å². The molecule has 0 aliphatic heterocycles. The van der Waals surface area contributed by atoms with Crippen molar-refractivity contribution >= 4 is 30.9 Å². The minimum Gasteiger partial charge on any atom is -0.469 e. The number of hydrogen-bond acceptors (Lipinski definition) is 5. The predicted molar refractivity (Wildman–Crippen MR) is 217 cm³/mol. The van der Waals surface area contributed by atoms with Gasteiger partial charge in [0.25, 0.3) is 0 Å². The zero-order valence-corrected chi connectivity index (χ0v) is 37.7. The summed E-state index contributed by atoms with van der Waals surface area (Å²) in [6.45, 7) is 36.7. The van der Waals surface area contributed by atoms with Crippen LogP contribution in [0.2, 0.25) is 54.4 Å². The lowest BCUT2D eigenvalue weighted by atomic mass is 9.89. The van der Waals surface area contributed by atoms with Gasteiger partial charge in [-0.25, -0.2) is 0 Å². The third-order valence-electron chi connectivity index (χ3n) is 11.4. The standard InChI is InChI=1S/C41H74O5Si3/c1-18-19-20-21-22-23-24-25-26-27-34-35(30-28-33(29-31-38(42)43-11)44-47(12,13)39(2,3)4)37(46-49(16,17)41(8,9)10)32-36(34)45-48(14,15)40(5,6)7/h25-26,28,30,33-37H,18,21,24,27,29,31-32H2,1-17H3/b26-25-,30-28+/t33?,34-,35+,36-,37+/m1/s1. The van der Waals surface area contributed by atoms with E-state index < -0.39 is 25.0 Å². The van der Waals surface area contributed by atoms with Gasteiger partial charge in [-0.2, -0.15) is 0 Å². The molecule has 0 aromatic carbocycles. The van der Waals surface area contributed by atoms with Gasteiger partial charge in [0.2, 0.25) is 0 Å². The van der Waals surface area contributed by atoms with Crippen molar-refractivity contribution in [2.24, 2.45) is 11.8 Å². The van der Waals surface area contributed by atoms with Crippen LogP contribution in [0.15, 0.2) is 24.3 Å². The summed E-state index contributed by atoms with van der Waals surface area (Å²) >= 11 is 0. The molecule has 49 heavy (non-hydrogen) atoms. The summed E-state index contributed by atoms with van der Waals surface area (Å²) in [6.07, 6.45) is 13.9. The molecule has 0 amide bonds. The van der Waals surface area contributed by atoms with Gasteiger partial charge in [-0.05, 0) is 79.6 Å². The molecule has 1 rings (SSSR count). The Balaban J connectivity index is 3.66. The number of esters is 1. The van der Waals surface area contributed by atoms with Crippen LogP contribution in [0.5, 0.6) is 0 Å². The molecule has 1 aliphatic rings. The van der Waals surface area contributed by atoms with Crippen molar-refractivity contribution < 1.29 is 22.8 Å². The van der Waals surface area contributed by atoms with Gasteiger partial charge in [-0.3, -0.25) is 4.79 Å². The Hall–Kier alpha value is -1.40. The number of rotatable bonds is 14. The molecule has 0 aromatic rings. The van der Waals surface area contributed by atoms with Crippen LogP contribution in [0.25, 0.3) is 0 Å². The summed E-state index contributed by atoms with van der Waals surface area (Å²) in [5.74, 6) is 12.8. The Kier molecular flexibility index (Phi) is 17.6. The minimum atomic E-state index is -2.11. The van der Waals surface area contributed by atoms with Crippen molar-refractivity contribution in [3.05, 3.63) is 24.3 Å². The first kappa shape index (κ1) is 45.6. The van der Waals surface area contributed by atoms with Crippen LogP contribution in [-0.2, 0) is 22.8 Å². The average molecular weight is 731 g/mol. The number of allylic oxidation sites excluding steroid dienone is 2. The molecule has 0 saturated heterocycles. The Morgan fingerprint density at radius 2 is 1.31 bits per heavy atom. The molecule has 0 N–H and O–H groups in total. The maximum absolute atomic E-state index is 12.3. The molecule has 5 atom stereocenters. The van der Waals surface area contributed by atoms with Crippen LogP contribution < -0.4 is 0 Å². The molecule has 280 valence electrons. The van der Waals surface area contributed by atoms with E-state index in [9.17, 15) is 4.79 Å². The van der Waals surface area contributed by atoms with Crippen molar-refractivity contribution in [3.63, 3.8) is 0 Å². The van der Waals surface area contributed by atoms with Crippen LogP contribution in [0, 0.1) is 35.5 Å². The maximum atomic E-state index is 12.3. The van der Waals surface area contributed by atoms with E-state index in [1.165, 1.54) is 7.11 Å². The first-order valence-electron chi connectivity index (χ1n) is 18.6. The first-order chi connectivity index (χ1) is 22.3. The second kappa shape index (κ2) is 18.9. The third kappa shape index (κ3) is 14.6.